The van der Waals surface area contributed by atoms with Crippen LogP contribution in [0.4, 0.5) is 5.13 Å². The summed E-state index contributed by atoms with van der Waals surface area (Å²) in [5, 5.41) is 3.10. The summed E-state index contributed by atoms with van der Waals surface area (Å²) < 4.78 is 5.39. The van der Waals surface area contributed by atoms with Crippen molar-refractivity contribution >= 4 is 28.1 Å². The fraction of sp³-hybridized carbons (Fsp3) is 0.700. The first-order chi connectivity index (χ1) is 7.33. The summed E-state index contributed by atoms with van der Waals surface area (Å²) in [6.45, 7) is 2.03. The zero-order valence-corrected chi connectivity index (χ0v) is 10.4. The van der Waals surface area contributed by atoms with Crippen molar-refractivity contribution in [3.05, 3.63) is 11.1 Å². The van der Waals surface area contributed by atoms with E-state index in [1.54, 1.807) is 18.4 Å². The number of rotatable bonds is 3. The van der Waals surface area contributed by atoms with Crippen LogP contribution in [0.5, 0.6) is 0 Å². The molecule has 3 nitrogen and oxygen atoms in total. The Bertz CT molecular complexity index is 318. The molecule has 0 spiro atoms. The molecule has 1 aromatic heterocycles. The van der Waals surface area contributed by atoms with Crippen LogP contribution in [0.2, 0.25) is 0 Å². The van der Waals surface area contributed by atoms with Crippen LogP contribution in [-0.2, 0) is 10.6 Å². The Labute approximate surface area is 99.0 Å². The fourth-order valence-corrected chi connectivity index (χ4v) is 2.90. The van der Waals surface area contributed by atoms with Gasteiger partial charge in [-0.15, -0.1) is 22.9 Å². The highest BCUT2D eigenvalue weighted by atomic mass is 35.5. The monoisotopic (exact) mass is 246 g/mol. The molecule has 1 aliphatic rings. The van der Waals surface area contributed by atoms with Crippen LogP contribution in [0.3, 0.4) is 0 Å². The first-order valence-corrected chi connectivity index (χ1v) is 6.53. The molecular formula is C10H15ClN2OS. The van der Waals surface area contributed by atoms with E-state index in [2.05, 4.69) is 9.88 Å². The van der Waals surface area contributed by atoms with E-state index in [0.717, 1.165) is 30.3 Å². The molecule has 1 aliphatic heterocycles. The molecule has 2 rings (SSSR count). The van der Waals surface area contributed by atoms with E-state index in [1.807, 2.05) is 5.38 Å². The summed E-state index contributed by atoms with van der Waals surface area (Å²) in [4.78, 5) is 6.77. The molecule has 0 N–H and O–H groups in total. The van der Waals surface area contributed by atoms with E-state index < -0.39 is 0 Å². The number of thiazole rings is 1. The number of piperidine rings is 1. The molecule has 0 aromatic carbocycles. The van der Waals surface area contributed by atoms with Gasteiger partial charge >= 0.3 is 0 Å². The van der Waals surface area contributed by atoms with Crippen LogP contribution in [-0.4, -0.2) is 31.3 Å². The number of hydrogen-bond donors (Lipinski definition) is 0. The molecule has 1 saturated heterocycles. The van der Waals surface area contributed by atoms with Crippen molar-refractivity contribution in [3.63, 3.8) is 0 Å². The molecule has 0 bridgehead atoms. The second-order valence-electron chi connectivity index (χ2n) is 3.70. The highest BCUT2D eigenvalue weighted by Crippen LogP contribution is 2.25. The molecule has 0 amide bonds. The quantitative estimate of drug-likeness (QED) is 0.767. The first-order valence-electron chi connectivity index (χ1n) is 5.11. The summed E-state index contributed by atoms with van der Waals surface area (Å²) in [6.07, 6.45) is 2.68. The van der Waals surface area contributed by atoms with Gasteiger partial charge in [-0.05, 0) is 12.8 Å². The third-order valence-electron chi connectivity index (χ3n) is 2.66. The van der Waals surface area contributed by atoms with Crippen LogP contribution in [0.1, 0.15) is 18.5 Å². The highest BCUT2D eigenvalue weighted by Gasteiger charge is 2.21. The van der Waals surface area contributed by atoms with Gasteiger partial charge in [-0.1, -0.05) is 0 Å². The Hall–Kier alpha value is -0.320. The minimum absolute atomic E-state index is 0.349. The number of nitrogens with zero attached hydrogens (tertiary/aromatic N) is 2. The molecule has 1 atom stereocenters. The standard InChI is InChI=1S/C10H15ClN2OS/c1-14-9-3-2-4-13(6-9)10-12-8(5-11)7-15-10/h7,9H,2-6H2,1H3. The molecule has 0 aliphatic carbocycles. The molecular weight excluding hydrogens is 232 g/mol. The van der Waals surface area contributed by atoms with E-state index in [0.29, 0.717) is 12.0 Å². The van der Waals surface area contributed by atoms with E-state index in [1.165, 1.54) is 6.42 Å². The van der Waals surface area contributed by atoms with Gasteiger partial charge in [0.2, 0.25) is 0 Å². The number of aromatic nitrogens is 1. The average Bonchev–Trinajstić information content (AvgIpc) is 2.78. The molecule has 0 radical (unpaired) electrons. The Morgan fingerprint density at radius 3 is 3.27 bits per heavy atom. The van der Waals surface area contributed by atoms with E-state index in [4.69, 9.17) is 16.3 Å². The second-order valence-corrected chi connectivity index (χ2v) is 4.80. The van der Waals surface area contributed by atoms with Gasteiger partial charge in [0.05, 0.1) is 17.7 Å². The van der Waals surface area contributed by atoms with Crippen LogP contribution >= 0.6 is 22.9 Å². The van der Waals surface area contributed by atoms with Crippen molar-refractivity contribution in [1.82, 2.24) is 4.98 Å². The Morgan fingerprint density at radius 1 is 1.73 bits per heavy atom. The van der Waals surface area contributed by atoms with Gasteiger partial charge in [-0.3, -0.25) is 0 Å². The lowest BCUT2D eigenvalue weighted by Gasteiger charge is -2.31. The lowest BCUT2D eigenvalue weighted by molar-refractivity contribution is 0.0893. The number of hydrogen-bond acceptors (Lipinski definition) is 4. The number of alkyl halides is 1. The van der Waals surface area contributed by atoms with E-state index in [9.17, 15) is 0 Å². The molecule has 0 saturated carbocycles. The zero-order chi connectivity index (χ0) is 10.7. The summed E-state index contributed by atoms with van der Waals surface area (Å²) in [7, 11) is 1.78. The van der Waals surface area contributed by atoms with Crippen LogP contribution in [0.15, 0.2) is 5.38 Å². The van der Waals surface area contributed by atoms with Gasteiger partial charge in [0.1, 0.15) is 0 Å². The third kappa shape index (κ3) is 2.62. The topological polar surface area (TPSA) is 25.4 Å². The summed E-state index contributed by atoms with van der Waals surface area (Å²) in [5.41, 5.74) is 0.969. The predicted octanol–water partition coefficient (Wildman–Crippen LogP) is 2.50. The van der Waals surface area contributed by atoms with Gasteiger partial charge in [-0.2, -0.15) is 0 Å². The zero-order valence-electron chi connectivity index (χ0n) is 8.78. The molecule has 15 heavy (non-hydrogen) atoms. The van der Waals surface area contributed by atoms with Crippen molar-refractivity contribution in [2.75, 3.05) is 25.1 Å². The number of ether oxygens (including phenoxy) is 1. The normalized spacial score (nSPS) is 22.0. The Kier molecular flexibility index (Phi) is 3.83. The van der Waals surface area contributed by atoms with Gasteiger partial charge < -0.3 is 9.64 Å². The molecule has 1 fully saturated rings. The second kappa shape index (κ2) is 5.14. The van der Waals surface area contributed by atoms with Crippen LogP contribution < -0.4 is 4.90 Å². The molecule has 1 aromatic rings. The van der Waals surface area contributed by atoms with Gasteiger partial charge in [0.25, 0.3) is 0 Å². The maximum absolute atomic E-state index is 5.74. The van der Waals surface area contributed by atoms with Crippen LogP contribution in [0, 0.1) is 0 Å². The first kappa shape index (κ1) is 11.2. The number of methoxy groups -OCH3 is 1. The number of anilines is 1. The third-order valence-corrected chi connectivity index (χ3v) is 3.88. The van der Waals surface area contributed by atoms with Crippen molar-refractivity contribution in [1.29, 1.82) is 0 Å². The molecule has 1 unspecified atom stereocenters. The van der Waals surface area contributed by atoms with Crippen molar-refractivity contribution in [2.24, 2.45) is 0 Å². The van der Waals surface area contributed by atoms with Gasteiger partial charge in [0.15, 0.2) is 5.13 Å². The lowest BCUT2D eigenvalue weighted by Crippen LogP contribution is -2.39. The summed E-state index contributed by atoms with van der Waals surface area (Å²) in [6, 6.07) is 0. The van der Waals surface area contributed by atoms with Crippen molar-refractivity contribution < 1.29 is 4.74 Å². The van der Waals surface area contributed by atoms with Crippen molar-refractivity contribution in [2.45, 2.75) is 24.8 Å². The van der Waals surface area contributed by atoms with Crippen LogP contribution in [0.25, 0.3) is 0 Å². The van der Waals surface area contributed by atoms with Crippen molar-refractivity contribution in [3.8, 4) is 0 Å². The summed E-state index contributed by atoms with van der Waals surface area (Å²) >= 11 is 7.40. The lowest BCUT2D eigenvalue weighted by atomic mass is 10.1. The van der Waals surface area contributed by atoms with E-state index in [-0.39, 0.29) is 0 Å². The molecule has 5 heteroatoms. The number of halogens is 1. The average molecular weight is 247 g/mol. The van der Waals surface area contributed by atoms with Gasteiger partial charge in [-0.25, -0.2) is 4.98 Å². The predicted molar refractivity (Wildman–Crippen MR) is 63.9 cm³/mol. The SMILES string of the molecule is COC1CCCN(c2nc(CCl)cs2)C1. The Morgan fingerprint density at radius 2 is 2.60 bits per heavy atom. The molecule has 84 valence electrons. The Balaban J connectivity index is 2.03. The maximum Gasteiger partial charge on any atom is 0.185 e. The summed E-state index contributed by atoms with van der Waals surface area (Å²) in [5.74, 6) is 0.498. The maximum atomic E-state index is 5.74. The largest absolute Gasteiger partial charge is 0.380 e. The van der Waals surface area contributed by atoms with Gasteiger partial charge in [0, 0.05) is 25.6 Å². The smallest absolute Gasteiger partial charge is 0.185 e. The highest BCUT2D eigenvalue weighted by molar-refractivity contribution is 7.13. The minimum Gasteiger partial charge on any atom is -0.380 e. The minimum atomic E-state index is 0.349. The fourth-order valence-electron chi connectivity index (χ4n) is 1.81. The van der Waals surface area contributed by atoms with E-state index >= 15 is 0 Å². The molecule has 2 heterocycles.